The Bertz CT molecular complexity index is 70.2. The van der Waals surface area contributed by atoms with E-state index in [0.29, 0.717) is 0 Å². The summed E-state index contributed by atoms with van der Waals surface area (Å²) in [6, 6.07) is 0. The van der Waals surface area contributed by atoms with Crippen LogP contribution in [0.15, 0.2) is 0 Å². The maximum absolute atomic E-state index is 4.06. The van der Waals surface area contributed by atoms with Crippen molar-refractivity contribution in [2.45, 2.75) is 44.2 Å². The van der Waals surface area contributed by atoms with Crippen molar-refractivity contribution in [1.82, 2.24) is 1.20 Å². The normalized spacial score (nSPS) is 11.5. The zero-order valence-electron chi connectivity index (χ0n) is 8.22. The van der Waals surface area contributed by atoms with E-state index in [9.17, 15) is 0 Å². The quantitative estimate of drug-likeness (QED) is 0.503. The standard InChI is InChI=1S/4C2H5.2Bi.HN/c4*1-2;;;/h4*1H2,2H3;;;1H. The molecule has 0 unspecified atom stereocenters. The van der Waals surface area contributed by atoms with Crippen molar-refractivity contribution in [3.05, 3.63) is 0 Å². The first-order valence-electron chi connectivity index (χ1n) is 4.54. The molecular weight excluding hydrogens is 528 g/mol. The molecule has 0 aliphatic rings. The molecule has 0 amide bonds. The summed E-state index contributed by atoms with van der Waals surface area (Å²) in [6.07, 6.45) is 0. The Hall–Kier alpha value is 1.73. The van der Waals surface area contributed by atoms with Gasteiger partial charge >= 0.3 is 89.5 Å². The summed E-state index contributed by atoms with van der Waals surface area (Å²) in [7, 11) is 0. The summed E-state index contributed by atoms with van der Waals surface area (Å²) in [6.45, 7) is 9.51. The second-order valence-electron chi connectivity index (χ2n) is 2.44. The Balaban J connectivity index is 3.58. The third-order valence-corrected chi connectivity index (χ3v) is 35.2. The molecule has 0 aliphatic carbocycles. The molecule has 0 aromatic carbocycles. The van der Waals surface area contributed by atoms with Crippen LogP contribution in [0.5, 0.6) is 0 Å². The van der Waals surface area contributed by atoms with Crippen LogP contribution in [-0.2, 0) is 0 Å². The van der Waals surface area contributed by atoms with Crippen LogP contribution in [-0.4, -0.2) is 44.1 Å². The molecule has 1 N–H and O–H groups in total. The molecule has 0 aliphatic heterocycles. The summed E-state index contributed by atoms with van der Waals surface area (Å²) in [4.78, 5) is 0. The predicted octanol–water partition coefficient (Wildman–Crippen LogP) is 2.64. The van der Waals surface area contributed by atoms with Crippen molar-refractivity contribution in [3.8, 4) is 0 Å². The van der Waals surface area contributed by atoms with E-state index in [0.717, 1.165) is 0 Å². The van der Waals surface area contributed by atoms with Gasteiger partial charge in [0.1, 0.15) is 0 Å². The molecule has 3 heteroatoms. The van der Waals surface area contributed by atoms with Gasteiger partial charge in [-0.2, -0.15) is 0 Å². The SMILES string of the molecule is C[CH2][Bi]([CH2]C)[NH][Bi]([CH2]C)[CH2]C. The van der Waals surface area contributed by atoms with Crippen LogP contribution in [0, 0.1) is 0 Å². The van der Waals surface area contributed by atoms with Gasteiger partial charge in [-0.25, -0.2) is 0 Å². The second kappa shape index (κ2) is 8.33. The minimum atomic E-state index is -1.04. The molecule has 0 rings (SSSR count). The molecule has 11 heavy (non-hydrogen) atoms. The van der Waals surface area contributed by atoms with E-state index in [-0.39, 0.29) is 0 Å². The van der Waals surface area contributed by atoms with E-state index in [1.165, 1.54) is 16.5 Å². The molecule has 0 spiro atoms. The van der Waals surface area contributed by atoms with Crippen molar-refractivity contribution in [1.29, 1.82) is 0 Å². The van der Waals surface area contributed by atoms with E-state index >= 15 is 0 Å². The zero-order chi connectivity index (χ0) is 8.69. The van der Waals surface area contributed by atoms with Crippen LogP contribution in [0.25, 0.3) is 0 Å². The van der Waals surface area contributed by atoms with Crippen molar-refractivity contribution in [2.75, 3.05) is 0 Å². The summed E-state index contributed by atoms with van der Waals surface area (Å²) in [5.74, 6) is 0. The summed E-state index contributed by atoms with van der Waals surface area (Å²) in [5.41, 5.74) is 0. The number of nitrogens with one attached hydrogen (secondary N) is 1. The van der Waals surface area contributed by atoms with Gasteiger partial charge in [0.2, 0.25) is 0 Å². The van der Waals surface area contributed by atoms with Gasteiger partial charge in [-0.3, -0.25) is 0 Å². The first kappa shape index (κ1) is 12.7. The van der Waals surface area contributed by atoms with Crippen molar-refractivity contribution < 1.29 is 0 Å². The van der Waals surface area contributed by atoms with Gasteiger partial charge in [-0.1, -0.05) is 0 Å². The Morgan fingerprint density at radius 1 is 0.727 bits per heavy atom. The third kappa shape index (κ3) is 5.89. The zero-order valence-corrected chi connectivity index (χ0v) is 15.2. The first-order valence-corrected chi connectivity index (χ1v) is 17.9. The van der Waals surface area contributed by atoms with E-state index in [1.54, 1.807) is 0 Å². The van der Waals surface area contributed by atoms with Gasteiger partial charge in [0.15, 0.2) is 0 Å². The number of rotatable bonds is 6. The molecule has 0 bridgehead atoms. The molecule has 0 aromatic rings. The van der Waals surface area contributed by atoms with Crippen LogP contribution in [0.2, 0.25) is 16.5 Å². The Morgan fingerprint density at radius 3 is 1.18 bits per heavy atom. The van der Waals surface area contributed by atoms with E-state index in [4.69, 9.17) is 0 Å². The second-order valence-corrected chi connectivity index (χ2v) is 28.3. The third-order valence-electron chi connectivity index (χ3n) is 1.81. The summed E-state index contributed by atoms with van der Waals surface area (Å²) in [5, 5.41) is 0. The fraction of sp³-hybridized carbons (Fsp3) is 1.00. The van der Waals surface area contributed by atoms with Crippen LogP contribution >= 0.6 is 0 Å². The molecule has 0 fully saturated rings. The fourth-order valence-corrected chi connectivity index (χ4v) is 41.1. The molecule has 0 saturated carbocycles. The monoisotopic (exact) mass is 549 g/mol. The first-order chi connectivity index (χ1) is 5.28. The summed E-state index contributed by atoms with van der Waals surface area (Å²) >= 11 is -2.08. The molecule has 0 aromatic heterocycles. The van der Waals surface area contributed by atoms with Crippen LogP contribution in [0.4, 0.5) is 0 Å². The fourth-order valence-electron chi connectivity index (χ4n) is 0.930. The van der Waals surface area contributed by atoms with Crippen LogP contribution < -0.4 is 1.20 Å². The number of hydrogen-bond donors (Lipinski definition) is 1. The van der Waals surface area contributed by atoms with Gasteiger partial charge in [0.25, 0.3) is 0 Å². The average molecular weight is 549 g/mol. The molecule has 0 saturated heterocycles. The molecule has 68 valence electrons. The molecule has 0 atom stereocenters. The number of hydrogen-bond acceptors (Lipinski definition) is 1. The van der Waals surface area contributed by atoms with E-state index in [1.807, 2.05) is 0 Å². The average Bonchev–Trinajstić information content (AvgIpc) is 2.07. The molecule has 0 heterocycles. The molecule has 0 radical (unpaired) electrons. The Morgan fingerprint density at radius 2 is 1.00 bits per heavy atom. The summed E-state index contributed by atoms with van der Waals surface area (Å²) < 4.78 is 10.1. The maximum atomic E-state index is 4.06. The minimum absolute atomic E-state index is 1.04. The molecular formula is C8H21Bi2N. The predicted molar refractivity (Wildman–Crippen MR) is 56.6 cm³/mol. The van der Waals surface area contributed by atoms with Crippen molar-refractivity contribution in [3.63, 3.8) is 0 Å². The van der Waals surface area contributed by atoms with Gasteiger partial charge in [-0.15, -0.1) is 0 Å². The van der Waals surface area contributed by atoms with Crippen molar-refractivity contribution >= 4 is 44.1 Å². The Labute approximate surface area is 88.5 Å². The van der Waals surface area contributed by atoms with Gasteiger partial charge in [0.05, 0.1) is 0 Å². The Kier molecular flexibility index (Phi) is 9.64. The van der Waals surface area contributed by atoms with Crippen molar-refractivity contribution in [2.24, 2.45) is 0 Å². The van der Waals surface area contributed by atoms with Gasteiger partial charge in [0, 0.05) is 0 Å². The van der Waals surface area contributed by atoms with E-state index in [2.05, 4.69) is 28.9 Å². The van der Waals surface area contributed by atoms with Gasteiger partial charge in [-0.05, 0) is 0 Å². The van der Waals surface area contributed by atoms with Crippen LogP contribution in [0.1, 0.15) is 27.7 Å². The van der Waals surface area contributed by atoms with Crippen LogP contribution in [0.3, 0.4) is 0 Å². The van der Waals surface area contributed by atoms with Gasteiger partial charge < -0.3 is 0 Å². The van der Waals surface area contributed by atoms with E-state index < -0.39 is 44.1 Å². The molecule has 1 nitrogen and oxygen atoms in total. The topological polar surface area (TPSA) is 12.0 Å².